The Bertz CT molecular complexity index is 2030. The van der Waals surface area contributed by atoms with Crippen LogP contribution < -0.4 is 9.80 Å². The van der Waals surface area contributed by atoms with Gasteiger partial charge in [-0.2, -0.15) is 0 Å². The highest BCUT2D eigenvalue weighted by Gasteiger charge is 2.20. The number of anilines is 6. The zero-order chi connectivity index (χ0) is 38.5. The molecule has 2 atom stereocenters. The van der Waals surface area contributed by atoms with Crippen molar-refractivity contribution in [2.45, 2.75) is 107 Å². The van der Waals surface area contributed by atoms with Gasteiger partial charge in [0.1, 0.15) is 0 Å². The Morgan fingerprint density at radius 1 is 0.389 bits per heavy atom. The standard InChI is InChI=1S/C52H60N2/c1-11-35(5)43-17-25-47(26-18-43)53(49-23-15-37(7)39(9)31-49)51-29-21-45(33-41(51)13-3)46-22-30-52(42(14-4)34-46)54(50-24-16-38(8)40(10)32-50)48-27-19-44(20-28-48)36(6)12-2/h15-36H,11-14H2,1-10H3. The van der Waals surface area contributed by atoms with Crippen molar-refractivity contribution in [2.75, 3.05) is 9.80 Å². The van der Waals surface area contributed by atoms with Crippen molar-refractivity contribution in [3.63, 3.8) is 0 Å². The van der Waals surface area contributed by atoms with Crippen molar-refractivity contribution in [1.82, 2.24) is 0 Å². The third-order valence-electron chi connectivity index (χ3n) is 11.9. The number of benzene rings is 6. The molecule has 0 bridgehead atoms. The van der Waals surface area contributed by atoms with Crippen LogP contribution in [0.15, 0.2) is 121 Å². The molecule has 6 aromatic rings. The molecule has 0 radical (unpaired) electrons. The summed E-state index contributed by atoms with van der Waals surface area (Å²) in [6, 6.07) is 46.3. The van der Waals surface area contributed by atoms with Crippen LogP contribution in [0.25, 0.3) is 11.1 Å². The molecule has 0 aliphatic rings. The Hall–Kier alpha value is -5.08. The summed E-state index contributed by atoms with van der Waals surface area (Å²) in [5, 5.41) is 0. The van der Waals surface area contributed by atoms with Crippen LogP contribution in [-0.4, -0.2) is 0 Å². The molecule has 2 unspecified atom stereocenters. The number of rotatable bonds is 13. The minimum absolute atomic E-state index is 0.544. The van der Waals surface area contributed by atoms with Crippen LogP contribution in [-0.2, 0) is 12.8 Å². The predicted octanol–water partition coefficient (Wildman–Crippen LogP) is 15.7. The molecule has 0 spiro atoms. The van der Waals surface area contributed by atoms with Crippen LogP contribution in [0.4, 0.5) is 34.1 Å². The van der Waals surface area contributed by atoms with Crippen molar-refractivity contribution in [2.24, 2.45) is 0 Å². The van der Waals surface area contributed by atoms with Crippen molar-refractivity contribution in [3.8, 4) is 11.1 Å². The first kappa shape index (κ1) is 38.6. The van der Waals surface area contributed by atoms with Crippen molar-refractivity contribution < 1.29 is 0 Å². The highest BCUT2D eigenvalue weighted by Crippen LogP contribution is 2.42. The van der Waals surface area contributed by atoms with Crippen LogP contribution >= 0.6 is 0 Å². The Morgan fingerprint density at radius 2 is 0.741 bits per heavy atom. The average Bonchev–Trinajstić information content (AvgIpc) is 3.20. The van der Waals surface area contributed by atoms with E-state index < -0.39 is 0 Å². The molecule has 0 aromatic heterocycles. The molecular formula is C52H60N2. The van der Waals surface area contributed by atoms with Crippen LogP contribution in [0.3, 0.4) is 0 Å². The van der Waals surface area contributed by atoms with Crippen LogP contribution in [0.5, 0.6) is 0 Å². The average molecular weight is 713 g/mol. The lowest BCUT2D eigenvalue weighted by molar-refractivity contribution is 0.733. The Morgan fingerprint density at radius 3 is 1.06 bits per heavy atom. The third-order valence-corrected chi connectivity index (χ3v) is 11.9. The molecule has 6 aromatic carbocycles. The molecule has 0 N–H and O–H groups in total. The third kappa shape index (κ3) is 8.04. The minimum atomic E-state index is 0.544. The maximum Gasteiger partial charge on any atom is 0.0493 e. The molecule has 0 aliphatic heterocycles. The zero-order valence-corrected chi connectivity index (χ0v) is 34.4. The van der Waals surface area contributed by atoms with Gasteiger partial charge in [0.15, 0.2) is 0 Å². The minimum Gasteiger partial charge on any atom is -0.310 e. The van der Waals surface area contributed by atoms with Gasteiger partial charge in [-0.15, -0.1) is 0 Å². The van der Waals surface area contributed by atoms with Gasteiger partial charge < -0.3 is 9.80 Å². The van der Waals surface area contributed by atoms with Gasteiger partial charge in [-0.05, 0) is 194 Å². The lowest BCUT2D eigenvalue weighted by Gasteiger charge is -2.30. The summed E-state index contributed by atoms with van der Waals surface area (Å²) >= 11 is 0. The molecule has 0 saturated heterocycles. The lowest BCUT2D eigenvalue weighted by atomic mass is 9.95. The normalized spacial score (nSPS) is 12.4. The van der Waals surface area contributed by atoms with E-state index in [0.29, 0.717) is 11.8 Å². The Kier molecular flexibility index (Phi) is 12.1. The first-order chi connectivity index (χ1) is 26.1. The summed E-state index contributed by atoms with van der Waals surface area (Å²) in [5.41, 5.74) is 20.4. The van der Waals surface area contributed by atoms with Gasteiger partial charge in [-0.3, -0.25) is 0 Å². The summed E-state index contributed by atoms with van der Waals surface area (Å²) in [6.45, 7) is 22.5. The van der Waals surface area contributed by atoms with E-state index in [1.54, 1.807) is 0 Å². The molecule has 278 valence electrons. The van der Waals surface area contributed by atoms with Gasteiger partial charge in [-0.25, -0.2) is 0 Å². The van der Waals surface area contributed by atoms with Gasteiger partial charge in [0.05, 0.1) is 0 Å². The van der Waals surface area contributed by atoms with Crippen molar-refractivity contribution in [1.29, 1.82) is 0 Å². The van der Waals surface area contributed by atoms with Gasteiger partial charge in [0.25, 0.3) is 0 Å². The second-order valence-electron chi connectivity index (χ2n) is 15.4. The fraction of sp³-hybridized carbons (Fsp3) is 0.308. The van der Waals surface area contributed by atoms with E-state index in [0.717, 1.165) is 25.7 Å². The van der Waals surface area contributed by atoms with Crippen molar-refractivity contribution in [3.05, 3.63) is 166 Å². The molecule has 0 amide bonds. The van der Waals surface area contributed by atoms with Gasteiger partial charge in [-0.1, -0.05) is 90.1 Å². The van der Waals surface area contributed by atoms with Crippen LogP contribution in [0.2, 0.25) is 0 Å². The quantitative estimate of drug-likeness (QED) is 0.118. The Labute approximate surface area is 326 Å². The predicted molar refractivity (Wildman–Crippen MR) is 236 cm³/mol. The molecular weight excluding hydrogens is 653 g/mol. The SMILES string of the molecule is CCc1cc(-c2ccc(N(c3ccc(C(C)CC)cc3)c3ccc(C)c(C)c3)c(CC)c2)ccc1N(c1ccc(C(C)CC)cc1)c1ccc(C)c(C)c1. The number of hydrogen-bond acceptors (Lipinski definition) is 2. The van der Waals surface area contributed by atoms with E-state index in [1.807, 2.05) is 0 Å². The molecule has 2 heteroatoms. The molecule has 2 nitrogen and oxygen atoms in total. The molecule has 0 heterocycles. The van der Waals surface area contributed by atoms with Gasteiger partial charge >= 0.3 is 0 Å². The topological polar surface area (TPSA) is 6.48 Å². The van der Waals surface area contributed by atoms with E-state index in [-0.39, 0.29) is 0 Å². The van der Waals surface area contributed by atoms with E-state index in [2.05, 4.69) is 200 Å². The maximum absolute atomic E-state index is 2.45. The van der Waals surface area contributed by atoms with E-state index in [4.69, 9.17) is 0 Å². The van der Waals surface area contributed by atoms with E-state index >= 15 is 0 Å². The highest BCUT2D eigenvalue weighted by atomic mass is 15.1. The lowest BCUT2D eigenvalue weighted by Crippen LogP contribution is -2.13. The molecule has 0 aliphatic carbocycles. The maximum atomic E-state index is 2.45. The Balaban J connectivity index is 1.43. The second-order valence-corrected chi connectivity index (χ2v) is 15.4. The molecule has 0 fully saturated rings. The zero-order valence-electron chi connectivity index (χ0n) is 34.4. The van der Waals surface area contributed by atoms with Crippen molar-refractivity contribution >= 4 is 34.1 Å². The van der Waals surface area contributed by atoms with Gasteiger partial charge in [0, 0.05) is 34.1 Å². The first-order valence-electron chi connectivity index (χ1n) is 20.3. The number of aryl methyl sites for hydroxylation is 6. The summed E-state index contributed by atoms with van der Waals surface area (Å²) < 4.78 is 0. The number of nitrogens with zero attached hydrogens (tertiary/aromatic N) is 2. The monoisotopic (exact) mass is 712 g/mol. The molecule has 0 saturated carbocycles. The fourth-order valence-corrected chi connectivity index (χ4v) is 7.49. The van der Waals surface area contributed by atoms with Gasteiger partial charge in [0.2, 0.25) is 0 Å². The fourth-order valence-electron chi connectivity index (χ4n) is 7.49. The van der Waals surface area contributed by atoms with E-state index in [9.17, 15) is 0 Å². The summed E-state index contributed by atoms with van der Waals surface area (Å²) in [7, 11) is 0. The highest BCUT2D eigenvalue weighted by molar-refractivity contribution is 5.84. The molecule has 6 rings (SSSR count). The second kappa shape index (κ2) is 16.9. The van der Waals surface area contributed by atoms with E-state index in [1.165, 1.54) is 89.8 Å². The number of hydrogen-bond donors (Lipinski definition) is 0. The summed E-state index contributed by atoms with van der Waals surface area (Å²) in [4.78, 5) is 4.90. The van der Waals surface area contributed by atoms with Crippen LogP contribution in [0, 0.1) is 27.7 Å². The molecule has 54 heavy (non-hydrogen) atoms. The summed E-state index contributed by atoms with van der Waals surface area (Å²) in [6.07, 6.45) is 4.14. The largest absolute Gasteiger partial charge is 0.310 e. The smallest absolute Gasteiger partial charge is 0.0493 e. The summed E-state index contributed by atoms with van der Waals surface area (Å²) in [5.74, 6) is 1.09. The first-order valence-corrected chi connectivity index (χ1v) is 20.3. The van der Waals surface area contributed by atoms with Crippen LogP contribution in [0.1, 0.15) is 111 Å².